The van der Waals surface area contributed by atoms with Gasteiger partial charge < -0.3 is 15.0 Å². The van der Waals surface area contributed by atoms with Gasteiger partial charge in [-0.1, -0.05) is 84.9 Å². The third-order valence-corrected chi connectivity index (χ3v) is 10.0. The number of carbonyl (C=O) groups excluding carboxylic acids is 2. The van der Waals surface area contributed by atoms with Gasteiger partial charge in [-0.25, -0.2) is 0 Å². The molecule has 3 aromatic rings. The minimum absolute atomic E-state index is 0.0318. The van der Waals surface area contributed by atoms with Gasteiger partial charge in [-0.3, -0.25) is 14.6 Å². The normalized spacial score (nSPS) is 20.5. The number of aliphatic imine (C=N–C) groups is 1. The van der Waals surface area contributed by atoms with E-state index < -0.39 is 5.66 Å². The summed E-state index contributed by atoms with van der Waals surface area (Å²) in [7, 11) is 0. The molecule has 5 rings (SSSR count). The Labute approximate surface area is 291 Å². The van der Waals surface area contributed by atoms with Gasteiger partial charge in [0.2, 0.25) is 0 Å². The van der Waals surface area contributed by atoms with Crippen molar-refractivity contribution < 1.29 is 14.3 Å². The lowest BCUT2D eigenvalue weighted by molar-refractivity contribution is -0.133. The Morgan fingerprint density at radius 2 is 1.71 bits per heavy atom. The SMILES string of the molecule is CC(C)C1CCC2(CC1)N=C(c1cccc(OCCC(C)(C)C)c1)C(=O)N2[C@H](CCC(C)(C)C)c1ccc(C(=O)NCc2nn[nH]n2)cc1. The summed E-state index contributed by atoms with van der Waals surface area (Å²) in [6.07, 6.45) is 6.35. The van der Waals surface area contributed by atoms with Gasteiger partial charge in [-0.05, 0) is 97.4 Å². The molecule has 1 spiro atoms. The van der Waals surface area contributed by atoms with Crippen LogP contribution < -0.4 is 10.1 Å². The quantitative estimate of drug-likeness (QED) is 0.204. The van der Waals surface area contributed by atoms with Crippen molar-refractivity contribution >= 4 is 17.5 Å². The van der Waals surface area contributed by atoms with Crippen LogP contribution in [0.2, 0.25) is 0 Å². The maximum atomic E-state index is 14.8. The third kappa shape index (κ3) is 9.13. The highest BCUT2D eigenvalue weighted by Crippen LogP contribution is 2.48. The number of aromatic amines is 1. The van der Waals surface area contributed by atoms with Crippen LogP contribution in [0.3, 0.4) is 0 Å². The Morgan fingerprint density at radius 1 is 1.02 bits per heavy atom. The summed E-state index contributed by atoms with van der Waals surface area (Å²) >= 11 is 0. The van der Waals surface area contributed by atoms with Gasteiger partial charge in [0.15, 0.2) is 5.82 Å². The number of nitrogens with zero attached hydrogens (tertiary/aromatic N) is 5. The molecule has 2 amide bonds. The zero-order valence-electron chi connectivity index (χ0n) is 30.7. The standard InChI is InChI=1S/C39H55N7O3/c1-26(2)27-16-20-39(21-17-27)41-34(30-10-9-11-31(24-30)49-23-22-38(6,7)8)36(48)46(39)32(18-19-37(3,4)5)28-12-14-29(15-13-28)35(47)40-25-33-42-44-45-43-33/h9-15,24,26-27,32H,16-23,25H2,1-8H3,(H,40,47)(H,42,43,44,45)/t27?,32-,39?/m1/s1. The number of nitrogens with one attached hydrogen (secondary N) is 2. The number of carbonyl (C=O) groups is 2. The first-order valence-corrected chi connectivity index (χ1v) is 17.9. The molecule has 1 fully saturated rings. The highest BCUT2D eigenvalue weighted by Gasteiger charge is 2.52. The summed E-state index contributed by atoms with van der Waals surface area (Å²) < 4.78 is 6.16. The smallest absolute Gasteiger partial charge is 0.275 e. The monoisotopic (exact) mass is 669 g/mol. The van der Waals surface area contributed by atoms with E-state index >= 15 is 0 Å². The van der Waals surface area contributed by atoms with E-state index in [-0.39, 0.29) is 35.2 Å². The van der Waals surface area contributed by atoms with Crippen LogP contribution in [-0.2, 0) is 11.3 Å². The zero-order valence-corrected chi connectivity index (χ0v) is 30.7. The van der Waals surface area contributed by atoms with Crippen molar-refractivity contribution in [2.75, 3.05) is 6.61 Å². The first-order valence-electron chi connectivity index (χ1n) is 17.9. The summed E-state index contributed by atoms with van der Waals surface area (Å²) in [4.78, 5) is 35.3. The van der Waals surface area contributed by atoms with Crippen LogP contribution in [0.15, 0.2) is 53.5 Å². The van der Waals surface area contributed by atoms with Crippen molar-refractivity contribution in [3.8, 4) is 5.75 Å². The van der Waals surface area contributed by atoms with Gasteiger partial charge in [-0.15, -0.1) is 10.2 Å². The number of ether oxygens (including phenoxy) is 1. The summed E-state index contributed by atoms with van der Waals surface area (Å²) in [5.41, 5.74) is 2.47. The van der Waals surface area contributed by atoms with E-state index in [2.05, 4.69) is 86.2 Å². The summed E-state index contributed by atoms with van der Waals surface area (Å²) in [5.74, 6) is 2.11. The van der Waals surface area contributed by atoms with Crippen molar-refractivity contribution in [3.63, 3.8) is 0 Å². The highest BCUT2D eigenvalue weighted by molar-refractivity contribution is 6.46. The molecule has 10 nitrogen and oxygen atoms in total. The second-order valence-corrected chi connectivity index (χ2v) is 16.6. The van der Waals surface area contributed by atoms with Crippen molar-refractivity contribution in [2.45, 2.75) is 119 Å². The summed E-state index contributed by atoms with van der Waals surface area (Å²) in [6.45, 7) is 18.7. The fraction of sp³-hybridized carbons (Fsp3) is 0.590. The maximum Gasteiger partial charge on any atom is 0.275 e. The highest BCUT2D eigenvalue weighted by atomic mass is 16.5. The number of hydrogen-bond acceptors (Lipinski definition) is 7. The van der Waals surface area contributed by atoms with Crippen LogP contribution in [0.4, 0.5) is 0 Å². The fourth-order valence-corrected chi connectivity index (χ4v) is 6.95. The van der Waals surface area contributed by atoms with Gasteiger partial charge in [0, 0.05) is 11.1 Å². The lowest BCUT2D eigenvalue weighted by Crippen LogP contribution is -2.51. The predicted molar refractivity (Wildman–Crippen MR) is 192 cm³/mol. The summed E-state index contributed by atoms with van der Waals surface area (Å²) in [6, 6.07) is 15.4. The number of rotatable bonds is 12. The number of tetrazole rings is 1. The van der Waals surface area contributed by atoms with E-state index in [1.807, 2.05) is 48.5 Å². The molecule has 0 bridgehead atoms. The third-order valence-electron chi connectivity index (χ3n) is 10.0. The molecule has 1 aromatic heterocycles. The van der Waals surface area contributed by atoms with Crippen molar-refractivity contribution in [3.05, 3.63) is 71.0 Å². The molecule has 0 unspecified atom stereocenters. The van der Waals surface area contributed by atoms with E-state index in [1.165, 1.54) is 0 Å². The average Bonchev–Trinajstić information content (AvgIpc) is 3.66. The van der Waals surface area contributed by atoms with Crippen molar-refractivity contribution in [1.82, 2.24) is 30.8 Å². The topological polar surface area (TPSA) is 125 Å². The molecule has 10 heteroatoms. The molecule has 2 aliphatic rings. The maximum absolute atomic E-state index is 14.8. The number of amides is 2. The molecule has 0 radical (unpaired) electrons. The lowest BCUT2D eigenvalue weighted by atomic mass is 9.75. The van der Waals surface area contributed by atoms with Crippen LogP contribution in [-0.4, -0.2) is 55.3 Å². The van der Waals surface area contributed by atoms with Crippen LogP contribution in [0.1, 0.15) is 134 Å². The molecule has 2 N–H and O–H groups in total. The molecule has 1 aliphatic carbocycles. The van der Waals surface area contributed by atoms with E-state index in [0.29, 0.717) is 35.5 Å². The second-order valence-electron chi connectivity index (χ2n) is 16.6. The van der Waals surface area contributed by atoms with Gasteiger partial charge in [-0.2, -0.15) is 5.21 Å². The Hall–Kier alpha value is -4.08. The molecule has 264 valence electrons. The molecule has 2 heterocycles. The van der Waals surface area contributed by atoms with Crippen LogP contribution >= 0.6 is 0 Å². The molecular formula is C39H55N7O3. The molecule has 0 saturated heterocycles. The Bertz CT molecular complexity index is 1590. The number of aromatic nitrogens is 4. The second kappa shape index (κ2) is 14.8. The van der Waals surface area contributed by atoms with Crippen LogP contribution in [0.5, 0.6) is 5.75 Å². The molecule has 1 aliphatic heterocycles. The van der Waals surface area contributed by atoms with Gasteiger partial charge in [0.05, 0.1) is 19.2 Å². The fourth-order valence-electron chi connectivity index (χ4n) is 6.95. The van der Waals surface area contributed by atoms with E-state index in [4.69, 9.17) is 9.73 Å². The molecular weight excluding hydrogens is 614 g/mol. The minimum Gasteiger partial charge on any atom is -0.494 e. The van der Waals surface area contributed by atoms with Gasteiger partial charge in [0.1, 0.15) is 17.1 Å². The van der Waals surface area contributed by atoms with E-state index in [0.717, 1.165) is 61.8 Å². The van der Waals surface area contributed by atoms with Crippen LogP contribution in [0.25, 0.3) is 0 Å². The molecule has 2 aromatic carbocycles. The number of benzene rings is 2. The number of H-pyrrole nitrogens is 1. The largest absolute Gasteiger partial charge is 0.494 e. The van der Waals surface area contributed by atoms with Crippen molar-refractivity contribution in [2.24, 2.45) is 27.7 Å². The Balaban J connectivity index is 1.47. The first kappa shape index (κ1) is 36.2. The lowest BCUT2D eigenvalue weighted by Gasteiger charge is -2.46. The zero-order chi connectivity index (χ0) is 35.4. The minimum atomic E-state index is -0.621. The molecule has 1 atom stereocenters. The average molecular weight is 670 g/mol. The van der Waals surface area contributed by atoms with Gasteiger partial charge in [0.25, 0.3) is 11.8 Å². The Morgan fingerprint density at radius 3 is 2.33 bits per heavy atom. The van der Waals surface area contributed by atoms with Gasteiger partial charge >= 0.3 is 0 Å². The van der Waals surface area contributed by atoms with E-state index in [1.54, 1.807) is 0 Å². The predicted octanol–water partition coefficient (Wildman–Crippen LogP) is 7.69. The first-order chi connectivity index (χ1) is 23.1. The van der Waals surface area contributed by atoms with Crippen LogP contribution in [0, 0.1) is 22.7 Å². The number of hydrogen-bond donors (Lipinski definition) is 2. The van der Waals surface area contributed by atoms with E-state index in [9.17, 15) is 9.59 Å². The van der Waals surface area contributed by atoms with Crippen molar-refractivity contribution in [1.29, 1.82) is 0 Å². The Kier molecular flexibility index (Phi) is 10.9. The molecule has 49 heavy (non-hydrogen) atoms. The molecule has 1 saturated carbocycles. The summed E-state index contributed by atoms with van der Waals surface area (Å²) in [5, 5.41) is 16.6.